The highest BCUT2D eigenvalue weighted by atomic mass is 32.1. The Labute approximate surface area is 164 Å². The molecule has 28 heavy (non-hydrogen) atoms. The predicted molar refractivity (Wildman–Crippen MR) is 105 cm³/mol. The van der Waals surface area contributed by atoms with Crippen molar-refractivity contribution in [3.63, 3.8) is 0 Å². The summed E-state index contributed by atoms with van der Waals surface area (Å²) < 4.78 is 37.1. The van der Waals surface area contributed by atoms with Crippen LogP contribution in [-0.2, 0) is 6.54 Å². The summed E-state index contributed by atoms with van der Waals surface area (Å²) in [5.41, 5.74) is 1.73. The predicted octanol–water partition coefficient (Wildman–Crippen LogP) is 4.24. The first-order valence-electron chi connectivity index (χ1n) is 8.22. The maximum atomic E-state index is 13.4. The molecule has 146 valence electrons. The molecule has 0 spiro atoms. The van der Waals surface area contributed by atoms with Crippen LogP contribution in [-0.4, -0.2) is 25.2 Å². The van der Waals surface area contributed by atoms with E-state index in [0.29, 0.717) is 34.4 Å². The topological polar surface area (TPSA) is 79.3 Å². The zero-order chi connectivity index (χ0) is 20.1. The van der Waals surface area contributed by atoms with Gasteiger partial charge in [0.05, 0.1) is 32.0 Å². The third-order valence-corrected chi connectivity index (χ3v) is 4.68. The first-order chi connectivity index (χ1) is 13.5. The van der Waals surface area contributed by atoms with Gasteiger partial charge in [0.1, 0.15) is 11.5 Å². The van der Waals surface area contributed by atoms with E-state index in [1.54, 1.807) is 19.6 Å². The van der Waals surface area contributed by atoms with Gasteiger partial charge in [-0.3, -0.25) is 5.41 Å². The van der Waals surface area contributed by atoms with E-state index in [1.165, 1.54) is 17.4 Å². The fourth-order valence-electron chi connectivity index (χ4n) is 2.55. The minimum absolute atomic E-state index is 0.0270. The van der Waals surface area contributed by atoms with Crippen LogP contribution in [0.3, 0.4) is 0 Å². The molecule has 0 saturated carbocycles. The molecule has 0 amide bonds. The lowest BCUT2D eigenvalue weighted by molar-refractivity contribution is 0.384. The van der Waals surface area contributed by atoms with Crippen LogP contribution in [0.2, 0.25) is 0 Å². The van der Waals surface area contributed by atoms with Crippen LogP contribution in [0, 0.1) is 17.0 Å². The molecule has 3 N–H and O–H groups in total. The number of anilines is 1. The number of aromatic nitrogens is 1. The van der Waals surface area contributed by atoms with Gasteiger partial charge in [-0.05, 0) is 30.3 Å². The zero-order valence-electron chi connectivity index (χ0n) is 15.2. The first-order valence-corrected chi connectivity index (χ1v) is 9.10. The van der Waals surface area contributed by atoms with E-state index in [-0.39, 0.29) is 5.96 Å². The van der Waals surface area contributed by atoms with Crippen molar-refractivity contribution >= 4 is 22.4 Å². The fourth-order valence-corrected chi connectivity index (χ4v) is 3.27. The van der Waals surface area contributed by atoms with Crippen LogP contribution >= 0.6 is 11.3 Å². The second-order valence-electron chi connectivity index (χ2n) is 5.66. The Hall–Kier alpha value is -3.20. The van der Waals surface area contributed by atoms with Gasteiger partial charge in [-0.1, -0.05) is 6.07 Å². The second kappa shape index (κ2) is 8.66. The largest absolute Gasteiger partial charge is 0.496 e. The summed E-state index contributed by atoms with van der Waals surface area (Å²) in [7, 11) is 3.13. The number of nitrogens with zero attached hydrogens (tertiary/aromatic N) is 1. The Morgan fingerprint density at radius 1 is 1.11 bits per heavy atom. The van der Waals surface area contributed by atoms with Crippen LogP contribution in [0.1, 0.15) is 5.56 Å². The van der Waals surface area contributed by atoms with Crippen LogP contribution in [0.4, 0.5) is 13.9 Å². The van der Waals surface area contributed by atoms with E-state index < -0.39 is 11.6 Å². The van der Waals surface area contributed by atoms with Crippen LogP contribution in [0.15, 0.2) is 41.8 Å². The molecule has 0 fully saturated rings. The van der Waals surface area contributed by atoms with Crippen molar-refractivity contribution in [2.75, 3.05) is 19.5 Å². The number of rotatable bonds is 6. The second-order valence-corrected chi connectivity index (χ2v) is 6.52. The lowest BCUT2D eigenvalue weighted by Gasteiger charge is -2.14. The van der Waals surface area contributed by atoms with E-state index in [4.69, 9.17) is 14.9 Å². The molecule has 0 radical (unpaired) electrons. The molecule has 1 aromatic heterocycles. The summed E-state index contributed by atoms with van der Waals surface area (Å²) in [4.78, 5) is 4.30. The lowest BCUT2D eigenvalue weighted by atomic mass is 10.1. The molecule has 9 heteroatoms. The number of methoxy groups -OCH3 is 2. The molecule has 2 aromatic carbocycles. The van der Waals surface area contributed by atoms with Crippen molar-refractivity contribution in [1.29, 1.82) is 5.41 Å². The van der Waals surface area contributed by atoms with Gasteiger partial charge in [0.15, 0.2) is 22.7 Å². The minimum atomic E-state index is -0.930. The molecular weight excluding hydrogens is 386 g/mol. The maximum Gasteiger partial charge on any atom is 0.195 e. The Morgan fingerprint density at radius 3 is 2.46 bits per heavy atom. The average Bonchev–Trinajstić information content (AvgIpc) is 3.16. The normalized spacial score (nSPS) is 10.4. The summed E-state index contributed by atoms with van der Waals surface area (Å²) in [6, 6.07) is 9.04. The highest BCUT2D eigenvalue weighted by Crippen LogP contribution is 2.28. The van der Waals surface area contributed by atoms with Crippen LogP contribution < -0.4 is 20.1 Å². The third-order valence-electron chi connectivity index (χ3n) is 3.92. The number of halogens is 2. The monoisotopic (exact) mass is 404 g/mol. The summed E-state index contributed by atoms with van der Waals surface area (Å²) in [6.07, 6.45) is 0. The number of thiazole rings is 1. The maximum absolute atomic E-state index is 13.4. The molecule has 6 nitrogen and oxygen atoms in total. The van der Waals surface area contributed by atoms with Crippen molar-refractivity contribution in [2.24, 2.45) is 0 Å². The average molecular weight is 404 g/mol. The minimum Gasteiger partial charge on any atom is -0.496 e. The molecule has 3 rings (SSSR count). The molecule has 0 aliphatic rings. The molecule has 0 saturated heterocycles. The van der Waals surface area contributed by atoms with Gasteiger partial charge in [0.2, 0.25) is 0 Å². The molecule has 0 unspecified atom stereocenters. The zero-order valence-corrected chi connectivity index (χ0v) is 16.0. The molecule has 0 atom stereocenters. The first kappa shape index (κ1) is 19.6. The van der Waals surface area contributed by atoms with Crippen molar-refractivity contribution in [3.05, 3.63) is 59.0 Å². The smallest absolute Gasteiger partial charge is 0.195 e. The number of hydrogen-bond acceptors (Lipinski definition) is 5. The quantitative estimate of drug-likeness (QED) is 0.423. The van der Waals surface area contributed by atoms with Crippen molar-refractivity contribution < 1.29 is 18.3 Å². The van der Waals surface area contributed by atoms with E-state index in [9.17, 15) is 8.78 Å². The van der Waals surface area contributed by atoms with Gasteiger partial charge in [0, 0.05) is 10.9 Å². The summed E-state index contributed by atoms with van der Waals surface area (Å²) >= 11 is 1.25. The van der Waals surface area contributed by atoms with Gasteiger partial charge in [-0.15, -0.1) is 11.3 Å². The molecule has 1 heterocycles. The van der Waals surface area contributed by atoms with Gasteiger partial charge >= 0.3 is 0 Å². The van der Waals surface area contributed by atoms with E-state index in [2.05, 4.69) is 15.6 Å². The van der Waals surface area contributed by atoms with Gasteiger partial charge in [-0.25, -0.2) is 13.8 Å². The molecule has 0 aliphatic carbocycles. The van der Waals surface area contributed by atoms with Crippen LogP contribution in [0.25, 0.3) is 11.3 Å². The van der Waals surface area contributed by atoms with Gasteiger partial charge in [-0.2, -0.15) is 0 Å². The number of nitrogens with one attached hydrogen (secondary N) is 3. The highest BCUT2D eigenvalue weighted by Gasteiger charge is 2.12. The number of guanidine groups is 1. The van der Waals surface area contributed by atoms with E-state index >= 15 is 0 Å². The fraction of sp³-hybridized carbons (Fsp3) is 0.158. The van der Waals surface area contributed by atoms with E-state index in [1.807, 2.05) is 18.2 Å². The molecule has 3 aromatic rings. The standard InChI is InChI=1S/C19H18F2N4O2S/c1-26-16-4-3-5-17(27-2)12(16)9-23-18(22)25-19-24-15(10-28-19)11-6-7-13(20)14(21)8-11/h3-8,10H,9H2,1-2H3,(H3,22,23,24,25). The molecule has 0 bridgehead atoms. The summed E-state index contributed by atoms with van der Waals surface area (Å²) in [5, 5.41) is 16.0. The summed E-state index contributed by atoms with van der Waals surface area (Å²) in [5.74, 6) is -0.515. The lowest BCUT2D eigenvalue weighted by Crippen LogP contribution is -2.29. The Kier molecular flexibility index (Phi) is 6.05. The molecule has 0 aliphatic heterocycles. The van der Waals surface area contributed by atoms with Crippen molar-refractivity contribution in [2.45, 2.75) is 6.54 Å². The number of hydrogen-bond donors (Lipinski definition) is 3. The Bertz CT molecular complexity index is 972. The van der Waals surface area contributed by atoms with Crippen molar-refractivity contribution in [1.82, 2.24) is 10.3 Å². The Balaban J connectivity index is 1.65. The number of benzene rings is 2. The molecular formula is C19H18F2N4O2S. The van der Waals surface area contributed by atoms with Gasteiger partial charge < -0.3 is 20.1 Å². The number of ether oxygens (including phenoxy) is 2. The SMILES string of the molecule is COc1cccc(OC)c1CNC(=N)Nc1nc(-c2ccc(F)c(F)c2)cs1. The highest BCUT2D eigenvalue weighted by molar-refractivity contribution is 7.14. The van der Waals surface area contributed by atoms with Gasteiger partial charge in [0.25, 0.3) is 0 Å². The Morgan fingerprint density at radius 2 is 1.82 bits per heavy atom. The van der Waals surface area contributed by atoms with E-state index in [0.717, 1.165) is 17.7 Å². The third kappa shape index (κ3) is 4.37. The van der Waals surface area contributed by atoms with Crippen molar-refractivity contribution in [3.8, 4) is 22.8 Å². The van der Waals surface area contributed by atoms with Crippen LogP contribution in [0.5, 0.6) is 11.5 Å². The summed E-state index contributed by atoms with van der Waals surface area (Å²) in [6.45, 7) is 0.306.